The van der Waals surface area contributed by atoms with E-state index in [0.29, 0.717) is 11.5 Å². The van der Waals surface area contributed by atoms with Gasteiger partial charge in [-0.25, -0.2) is 4.68 Å². The van der Waals surface area contributed by atoms with Crippen LogP contribution in [0.3, 0.4) is 0 Å². The molecule has 0 radical (unpaired) electrons. The third kappa shape index (κ3) is 4.11. The Balaban J connectivity index is 1.62. The molecule has 1 aromatic heterocycles. The van der Waals surface area contributed by atoms with Crippen molar-refractivity contribution in [3.05, 3.63) is 47.7 Å². The maximum Gasteiger partial charge on any atom is 0.257 e. The highest BCUT2D eigenvalue weighted by Crippen LogP contribution is 2.41. The Labute approximate surface area is 187 Å². The molecular formula is C26H38N4O. The average Bonchev–Trinajstić information content (AvgIpc) is 3.24. The summed E-state index contributed by atoms with van der Waals surface area (Å²) in [5.41, 5.74) is 1.61. The van der Waals surface area contributed by atoms with Gasteiger partial charge in [0.05, 0.1) is 17.8 Å². The number of benzene rings is 1. The number of nitrogens with one attached hydrogen (secondary N) is 2. The summed E-state index contributed by atoms with van der Waals surface area (Å²) in [5, 5.41) is 11.8. The minimum Gasteiger partial charge on any atom is -0.363 e. The van der Waals surface area contributed by atoms with Gasteiger partial charge in [-0.3, -0.25) is 4.79 Å². The third-order valence-corrected chi connectivity index (χ3v) is 7.81. The van der Waals surface area contributed by atoms with E-state index in [2.05, 4.69) is 67.7 Å². The molecule has 1 atom stereocenters. The van der Waals surface area contributed by atoms with Gasteiger partial charge in [-0.1, -0.05) is 63.4 Å². The van der Waals surface area contributed by atoms with Gasteiger partial charge >= 0.3 is 0 Å². The lowest BCUT2D eigenvalue weighted by Gasteiger charge is -2.43. The van der Waals surface area contributed by atoms with Crippen molar-refractivity contribution in [2.75, 3.05) is 5.32 Å². The Bertz CT molecular complexity index is 891. The van der Waals surface area contributed by atoms with E-state index in [0.717, 1.165) is 25.1 Å². The number of carbonyl (C=O) groups is 1. The molecular weight excluding hydrogens is 384 g/mol. The SMILES string of the molecule is CCC(CC)(NC(=O)c1cnn2c1NC(c1ccccc1)CC2(C)C)C1CCCCC1. The number of aromatic nitrogens is 2. The maximum atomic E-state index is 13.6. The zero-order chi connectivity index (χ0) is 22.1. The fourth-order valence-corrected chi connectivity index (χ4v) is 5.86. The molecule has 2 heterocycles. The highest BCUT2D eigenvalue weighted by Gasteiger charge is 2.40. The number of amides is 1. The van der Waals surface area contributed by atoms with Crippen molar-refractivity contribution in [2.45, 2.75) is 96.2 Å². The van der Waals surface area contributed by atoms with E-state index >= 15 is 0 Å². The van der Waals surface area contributed by atoms with Crippen LogP contribution in [0, 0.1) is 5.92 Å². The molecule has 1 fully saturated rings. The molecule has 5 nitrogen and oxygen atoms in total. The number of hydrogen-bond donors (Lipinski definition) is 2. The Morgan fingerprint density at radius 1 is 1.16 bits per heavy atom. The molecule has 0 bridgehead atoms. The first kappa shape index (κ1) is 21.9. The van der Waals surface area contributed by atoms with Crippen LogP contribution >= 0.6 is 0 Å². The fourth-order valence-electron chi connectivity index (χ4n) is 5.86. The molecule has 2 aliphatic rings. The van der Waals surface area contributed by atoms with Crippen LogP contribution in [0.15, 0.2) is 36.5 Å². The molecule has 1 aliphatic carbocycles. The Kier molecular flexibility index (Phi) is 6.14. The Morgan fingerprint density at radius 2 is 1.84 bits per heavy atom. The Morgan fingerprint density at radius 3 is 2.48 bits per heavy atom. The van der Waals surface area contributed by atoms with Crippen molar-refractivity contribution in [1.82, 2.24) is 15.1 Å². The highest BCUT2D eigenvalue weighted by molar-refractivity contribution is 5.99. The second-order valence-corrected chi connectivity index (χ2v) is 10.1. The van der Waals surface area contributed by atoms with Crippen molar-refractivity contribution in [3.8, 4) is 0 Å². The summed E-state index contributed by atoms with van der Waals surface area (Å²) < 4.78 is 2.00. The van der Waals surface area contributed by atoms with Crippen LogP contribution in [0.5, 0.6) is 0 Å². The van der Waals surface area contributed by atoms with Gasteiger partial charge in [0.15, 0.2) is 0 Å². The zero-order valence-electron chi connectivity index (χ0n) is 19.6. The highest BCUT2D eigenvalue weighted by atomic mass is 16.1. The molecule has 1 unspecified atom stereocenters. The molecule has 0 spiro atoms. The number of nitrogens with zero attached hydrogens (tertiary/aromatic N) is 2. The topological polar surface area (TPSA) is 59.0 Å². The summed E-state index contributed by atoms with van der Waals surface area (Å²) >= 11 is 0. The second kappa shape index (κ2) is 8.68. The third-order valence-electron chi connectivity index (χ3n) is 7.81. The van der Waals surface area contributed by atoms with E-state index in [1.165, 1.54) is 37.7 Å². The number of anilines is 1. The molecule has 0 saturated heterocycles. The van der Waals surface area contributed by atoms with Crippen molar-refractivity contribution < 1.29 is 4.79 Å². The summed E-state index contributed by atoms with van der Waals surface area (Å²) in [7, 11) is 0. The van der Waals surface area contributed by atoms with E-state index in [4.69, 9.17) is 0 Å². The molecule has 1 saturated carbocycles. The van der Waals surface area contributed by atoms with Crippen molar-refractivity contribution in [1.29, 1.82) is 0 Å². The van der Waals surface area contributed by atoms with Crippen LogP contribution < -0.4 is 10.6 Å². The summed E-state index contributed by atoms with van der Waals surface area (Å²) in [4.78, 5) is 13.6. The van der Waals surface area contributed by atoms with Crippen LogP contribution in [-0.2, 0) is 5.54 Å². The van der Waals surface area contributed by atoms with E-state index in [9.17, 15) is 4.79 Å². The monoisotopic (exact) mass is 422 g/mol. The van der Waals surface area contributed by atoms with Gasteiger partial charge in [0.1, 0.15) is 11.4 Å². The van der Waals surface area contributed by atoms with Gasteiger partial charge < -0.3 is 10.6 Å². The quantitative estimate of drug-likeness (QED) is 0.596. The predicted molar refractivity (Wildman–Crippen MR) is 126 cm³/mol. The predicted octanol–water partition coefficient (Wildman–Crippen LogP) is 6.04. The fraction of sp³-hybridized carbons (Fsp3) is 0.615. The normalized spacial score (nSPS) is 21.2. The van der Waals surface area contributed by atoms with E-state index in [1.54, 1.807) is 6.20 Å². The molecule has 1 aromatic carbocycles. The summed E-state index contributed by atoms with van der Waals surface area (Å²) in [5.74, 6) is 1.41. The van der Waals surface area contributed by atoms with Gasteiger partial charge in [0.25, 0.3) is 5.91 Å². The summed E-state index contributed by atoms with van der Waals surface area (Å²) in [6.45, 7) is 8.84. The molecule has 168 valence electrons. The molecule has 5 heteroatoms. The van der Waals surface area contributed by atoms with E-state index in [1.807, 2.05) is 10.7 Å². The van der Waals surface area contributed by atoms with Gasteiger partial charge in [0.2, 0.25) is 0 Å². The van der Waals surface area contributed by atoms with Crippen LogP contribution in [0.2, 0.25) is 0 Å². The minimum atomic E-state index is -0.171. The van der Waals surface area contributed by atoms with Crippen LogP contribution in [0.4, 0.5) is 5.82 Å². The van der Waals surface area contributed by atoms with Gasteiger partial charge in [-0.05, 0) is 57.4 Å². The Hall–Kier alpha value is -2.30. The first-order chi connectivity index (χ1) is 14.9. The van der Waals surface area contributed by atoms with Crippen LogP contribution in [0.1, 0.15) is 101 Å². The van der Waals surface area contributed by atoms with Crippen LogP contribution in [0.25, 0.3) is 0 Å². The van der Waals surface area contributed by atoms with Crippen molar-refractivity contribution >= 4 is 11.7 Å². The van der Waals surface area contributed by atoms with Gasteiger partial charge in [0, 0.05) is 5.54 Å². The lowest BCUT2D eigenvalue weighted by molar-refractivity contribution is 0.0796. The lowest BCUT2D eigenvalue weighted by Crippen LogP contribution is -2.53. The average molecular weight is 423 g/mol. The first-order valence-electron chi connectivity index (χ1n) is 12.1. The zero-order valence-corrected chi connectivity index (χ0v) is 19.6. The molecule has 31 heavy (non-hydrogen) atoms. The second-order valence-electron chi connectivity index (χ2n) is 10.1. The lowest BCUT2D eigenvalue weighted by atomic mass is 9.71. The molecule has 1 amide bonds. The largest absolute Gasteiger partial charge is 0.363 e. The van der Waals surface area contributed by atoms with Crippen molar-refractivity contribution in [3.63, 3.8) is 0 Å². The standard InChI is InChI=1S/C26H38N4O/c1-5-26(6-2,20-15-11-8-12-16-20)29-24(31)21-18-27-30-23(21)28-22(17-25(30,3)4)19-13-9-7-10-14-19/h7,9-10,13-14,18,20,22,28H,5-6,8,11-12,15-17H2,1-4H3,(H,29,31). The van der Waals surface area contributed by atoms with E-state index in [-0.39, 0.29) is 23.0 Å². The first-order valence-corrected chi connectivity index (χ1v) is 12.1. The smallest absolute Gasteiger partial charge is 0.257 e. The number of hydrogen-bond acceptors (Lipinski definition) is 3. The molecule has 2 N–H and O–H groups in total. The molecule has 4 rings (SSSR count). The maximum absolute atomic E-state index is 13.6. The van der Waals surface area contributed by atoms with Crippen molar-refractivity contribution in [2.24, 2.45) is 5.92 Å². The number of carbonyl (C=O) groups excluding carboxylic acids is 1. The minimum absolute atomic E-state index is 0.00698. The van der Waals surface area contributed by atoms with Gasteiger partial charge in [-0.2, -0.15) is 5.10 Å². The van der Waals surface area contributed by atoms with Gasteiger partial charge in [-0.15, -0.1) is 0 Å². The van der Waals surface area contributed by atoms with E-state index < -0.39 is 0 Å². The van der Waals surface area contributed by atoms with Crippen LogP contribution in [-0.4, -0.2) is 21.2 Å². The number of fused-ring (bicyclic) bond motifs is 1. The number of rotatable bonds is 6. The summed E-state index contributed by atoms with van der Waals surface area (Å²) in [6, 6.07) is 10.7. The summed E-state index contributed by atoms with van der Waals surface area (Å²) in [6.07, 6.45) is 10.9. The molecule has 1 aliphatic heterocycles. The molecule has 2 aromatic rings.